The average molecular weight is 334 g/mol. The molecule has 3 nitrogen and oxygen atoms in total. The van der Waals surface area contributed by atoms with Crippen LogP contribution in [-0.2, 0) is 11.2 Å². The first-order chi connectivity index (χ1) is 7.02. The van der Waals surface area contributed by atoms with Gasteiger partial charge in [-0.05, 0) is 49.9 Å². The number of carbonyl (C=O) groups excluding carboxylic acids is 1. The molecule has 1 amide bonds. The van der Waals surface area contributed by atoms with Crippen molar-refractivity contribution in [2.75, 3.05) is 17.2 Å². The number of nitrogen functional groups attached to an aromatic ring is 1. The number of benzene rings is 1. The van der Waals surface area contributed by atoms with Gasteiger partial charge in [0.05, 0.1) is 15.8 Å². The van der Waals surface area contributed by atoms with Gasteiger partial charge in [0.15, 0.2) is 0 Å². The highest BCUT2D eigenvalue weighted by Crippen LogP contribution is 2.42. The fourth-order valence-corrected chi connectivity index (χ4v) is 3.24. The Balaban J connectivity index is 2.62. The largest absolute Gasteiger partial charge is 0.397 e. The van der Waals surface area contributed by atoms with Crippen LogP contribution >= 0.6 is 31.9 Å². The summed E-state index contributed by atoms with van der Waals surface area (Å²) in [6.45, 7) is 2.30. The van der Waals surface area contributed by atoms with Crippen molar-refractivity contribution in [1.29, 1.82) is 0 Å². The minimum atomic E-state index is 0.0520. The lowest BCUT2D eigenvalue weighted by Crippen LogP contribution is -2.26. The van der Waals surface area contributed by atoms with Gasteiger partial charge in [-0.1, -0.05) is 0 Å². The Morgan fingerprint density at radius 1 is 1.53 bits per heavy atom. The van der Waals surface area contributed by atoms with Gasteiger partial charge in [0.1, 0.15) is 0 Å². The van der Waals surface area contributed by atoms with Crippen molar-refractivity contribution in [1.82, 2.24) is 0 Å². The lowest BCUT2D eigenvalue weighted by atomic mass is 10.1. The highest BCUT2D eigenvalue weighted by atomic mass is 79.9. The molecule has 1 aromatic rings. The molecule has 80 valence electrons. The maximum atomic E-state index is 11.4. The van der Waals surface area contributed by atoms with Crippen LogP contribution in [0.25, 0.3) is 0 Å². The molecule has 1 aliphatic rings. The number of fused-ring (bicyclic) bond motifs is 1. The van der Waals surface area contributed by atoms with E-state index in [-0.39, 0.29) is 5.91 Å². The van der Waals surface area contributed by atoms with Crippen molar-refractivity contribution >= 4 is 49.1 Å². The Morgan fingerprint density at radius 3 is 2.80 bits per heavy atom. The molecule has 0 spiro atoms. The third-order valence-corrected chi connectivity index (χ3v) is 4.02. The van der Waals surface area contributed by atoms with Crippen LogP contribution in [0.5, 0.6) is 0 Å². The van der Waals surface area contributed by atoms with E-state index < -0.39 is 0 Å². The van der Waals surface area contributed by atoms with Gasteiger partial charge in [-0.2, -0.15) is 0 Å². The van der Waals surface area contributed by atoms with Crippen LogP contribution in [-0.4, -0.2) is 12.5 Å². The molecular weight excluding hydrogens is 324 g/mol. The van der Waals surface area contributed by atoms with Crippen LogP contribution in [0.4, 0.5) is 11.4 Å². The zero-order valence-corrected chi connectivity index (χ0v) is 11.4. The molecular formula is C10H10Br2N2O. The highest BCUT2D eigenvalue weighted by molar-refractivity contribution is 9.11. The second kappa shape index (κ2) is 3.79. The van der Waals surface area contributed by atoms with Crippen LogP contribution in [0.15, 0.2) is 15.0 Å². The summed E-state index contributed by atoms with van der Waals surface area (Å²) in [7, 11) is 0. The maximum Gasteiger partial charge on any atom is 0.223 e. The number of anilines is 2. The number of nitrogens with zero attached hydrogens (tertiary/aromatic N) is 1. The van der Waals surface area contributed by atoms with E-state index in [0.29, 0.717) is 5.69 Å². The Labute approximate surface area is 105 Å². The monoisotopic (exact) mass is 332 g/mol. The minimum Gasteiger partial charge on any atom is -0.397 e. The van der Waals surface area contributed by atoms with E-state index in [1.165, 1.54) is 0 Å². The zero-order chi connectivity index (χ0) is 11.2. The summed E-state index contributed by atoms with van der Waals surface area (Å²) in [4.78, 5) is 13.2. The first-order valence-electron chi connectivity index (χ1n) is 4.57. The van der Waals surface area contributed by atoms with E-state index in [1.54, 1.807) is 11.8 Å². The van der Waals surface area contributed by atoms with Crippen molar-refractivity contribution in [2.24, 2.45) is 0 Å². The topological polar surface area (TPSA) is 46.3 Å². The smallest absolute Gasteiger partial charge is 0.223 e. The fraction of sp³-hybridized carbons (Fsp3) is 0.300. The van der Waals surface area contributed by atoms with Gasteiger partial charge in [-0.25, -0.2) is 0 Å². The second-order valence-corrected chi connectivity index (χ2v) is 5.16. The van der Waals surface area contributed by atoms with Gasteiger partial charge in [0.2, 0.25) is 5.91 Å². The van der Waals surface area contributed by atoms with E-state index >= 15 is 0 Å². The molecule has 2 N–H and O–H groups in total. The lowest BCUT2D eigenvalue weighted by molar-refractivity contribution is -0.116. The van der Waals surface area contributed by atoms with Crippen LogP contribution in [0.2, 0.25) is 0 Å². The predicted octanol–water partition coefficient (Wildman–Crippen LogP) is 2.70. The summed E-state index contributed by atoms with van der Waals surface area (Å²) >= 11 is 6.84. The highest BCUT2D eigenvalue weighted by Gasteiger charge is 2.26. The van der Waals surface area contributed by atoms with Gasteiger partial charge in [-0.15, -0.1) is 0 Å². The summed E-state index contributed by atoms with van der Waals surface area (Å²) in [6.07, 6.45) is 0.881. The standard InChI is InChI=1S/C10H10Br2N2O/c1-5(15)14-3-2-6-4-7(11)9(13)8(12)10(6)14/h4H,2-3,13H2,1H3. The quantitative estimate of drug-likeness (QED) is 0.742. The number of amides is 1. The van der Waals surface area contributed by atoms with Gasteiger partial charge in [0, 0.05) is 17.9 Å². The number of halogens is 2. The van der Waals surface area contributed by atoms with Crippen LogP contribution in [0, 0.1) is 0 Å². The lowest BCUT2D eigenvalue weighted by Gasteiger charge is -2.17. The summed E-state index contributed by atoms with van der Waals surface area (Å²) in [6, 6.07) is 1.98. The van der Waals surface area contributed by atoms with E-state index in [4.69, 9.17) is 5.73 Å². The molecule has 0 saturated carbocycles. The molecule has 15 heavy (non-hydrogen) atoms. The molecule has 0 fully saturated rings. The SMILES string of the molecule is CC(=O)N1CCc2cc(Br)c(N)c(Br)c21. The number of rotatable bonds is 0. The molecule has 1 aliphatic heterocycles. The summed E-state index contributed by atoms with van der Waals surface area (Å²) < 4.78 is 1.68. The van der Waals surface area contributed by atoms with Gasteiger partial charge in [-0.3, -0.25) is 4.79 Å². The molecule has 0 aromatic heterocycles. The number of carbonyl (C=O) groups is 1. The number of nitrogens with two attached hydrogens (primary N) is 1. The summed E-state index contributed by atoms with van der Waals surface area (Å²) in [5.74, 6) is 0.0520. The molecule has 2 rings (SSSR count). The van der Waals surface area contributed by atoms with E-state index in [1.807, 2.05) is 6.07 Å². The molecule has 0 saturated heterocycles. The molecule has 0 radical (unpaired) electrons. The minimum absolute atomic E-state index is 0.0520. The Hall–Kier alpha value is -0.550. The van der Waals surface area contributed by atoms with Gasteiger partial charge >= 0.3 is 0 Å². The predicted molar refractivity (Wildman–Crippen MR) is 68.0 cm³/mol. The Morgan fingerprint density at radius 2 is 2.20 bits per heavy atom. The van der Waals surface area contributed by atoms with E-state index in [0.717, 1.165) is 33.2 Å². The van der Waals surface area contributed by atoms with Crippen molar-refractivity contribution in [3.8, 4) is 0 Å². The molecule has 0 bridgehead atoms. The third kappa shape index (κ3) is 1.67. The first kappa shape index (κ1) is 11.0. The molecule has 0 aliphatic carbocycles. The van der Waals surface area contributed by atoms with Crippen LogP contribution in [0.3, 0.4) is 0 Å². The molecule has 1 heterocycles. The Kier molecular flexibility index (Phi) is 2.77. The van der Waals surface area contributed by atoms with Gasteiger partial charge < -0.3 is 10.6 Å². The number of hydrogen-bond acceptors (Lipinski definition) is 2. The van der Waals surface area contributed by atoms with Crippen LogP contribution < -0.4 is 10.6 Å². The van der Waals surface area contributed by atoms with E-state index in [9.17, 15) is 4.79 Å². The van der Waals surface area contributed by atoms with Crippen LogP contribution in [0.1, 0.15) is 12.5 Å². The third-order valence-electron chi connectivity index (χ3n) is 2.56. The summed E-state index contributed by atoms with van der Waals surface area (Å²) in [5, 5.41) is 0. The zero-order valence-electron chi connectivity index (χ0n) is 8.18. The average Bonchev–Trinajstić information content (AvgIpc) is 2.58. The van der Waals surface area contributed by atoms with Gasteiger partial charge in [0.25, 0.3) is 0 Å². The Bertz CT molecular complexity index is 446. The second-order valence-electron chi connectivity index (χ2n) is 3.51. The first-order valence-corrected chi connectivity index (χ1v) is 6.15. The van der Waals surface area contributed by atoms with Crippen molar-refractivity contribution in [3.05, 3.63) is 20.6 Å². The molecule has 0 unspecified atom stereocenters. The molecule has 0 atom stereocenters. The molecule has 5 heteroatoms. The fourth-order valence-electron chi connectivity index (χ4n) is 1.81. The maximum absolute atomic E-state index is 11.4. The normalized spacial score (nSPS) is 14.2. The van der Waals surface area contributed by atoms with Crippen molar-refractivity contribution in [3.63, 3.8) is 0 Å². The van der Waals surface area contributed by atoms with Crippen molar-refractivity contribution < 1.29 is 4.79 Å². The molecule has 1 aromatic carbocycles. The van der Waals surface area contributed by atoms with E-state index in [2.05, 4.69) is 31.9 Å². The van der Waals surface area contributed by atoms with Crippen molar-refractivity contribution in [2.45, 2.75) is 13.3 Å². The number of hydrogen-bond donors (Lipinski definition) is 1. The summed E-state index contributed by atoms with van der Waals surface area (Å²) in [5.41, 5.74) is 8.60.